The molecule has 6 nitrogen and oxygen atoms in total. The Bertz CT molecular complexity index is 681. The molecular weight excluding hydrogens is 316 g/mol. The van der Waals surface area contributed by atoms with Crippen molar-refractivity contribution in [2.75, 3.05) is 13.7 Å². The number of rotatable bonds is 7. The summed E-state index contributed by atoms with van der Waals surface area (Å²) in [6.07, 6.45) is 4.71. The molecule has 6 heteroatoms. The first-order valence-corrected chi connectivity index (χ1v) is 9.04. The zero-order valence-corrected chi connectivity index (χ0v) is 15.4. The van der Waals surface area contributed by atoms with Crippen molar-refractivity contribution >= 4 is 0 Å². The van der Waals surface area contributed by atoms with E-state index in [-0.39, 0.29) is 6.04 Å². The zero-order chi connectivity index (χ0) is 17.9. The third kappa shape index (κ3) is 3.70. The van der Waals surface area contributed by atoms with E-state index in [2.05, 4.69) is 21.9 Å². The molecule has 2 atom stereocenters. The molecule has 1 aliphatic heterocycles. The van der Waals surface area contributed by atoms with Gasteiger partial charge in [-0.05, 0) is 50.4 Å². The molecule has 1 aromatic carbocycles. The summed E-state index contributed by atoms with van der Waals surface area (Å²) in [6, 6.07) is 7.78. The number of benzene rings is 1. The van der Waals surface area contributed by atoms with Crippen LogP contribution < -0.4 is 4.74 Å². The van der Waals surface area contributed by atoms with E-state index in [9.17, 15) is 5.11 Å². The fraction of sp³-hybridized carbons (Fsp3) is 0.579. The van der Waals surface area contributed by atoms with Gasteiger partial charge < -0.3 is 9.84 Å². The van der Waals surface area contributed by atoms with Gasteiger partial charge in [-0.1, -0.05) is 19.1 Å². The third-order valence-corrected chi connectivity index (χ3v) is 5.16. The van der Waals surface area contributed by atoms with Gasteiger partial charge in [0, 0.05) is 12.6 Å². The maximum absolute atomic E-state index is 11.3. The average molecular weight is 344 g/mol. The summed E-state index contributed by atoms with van der Waals surface area (Å²) in [4.78, 5) is 6.76. The molecule has 3 rings (SSSR count). The quantitative estimate of drug-likeness (QED) is 0.836. The number of likely N-dealkylation sites (tertiary alicyclic amines) is 1. The molecule has 2 unspecified atom stereocenters. The van der Waals surface area contributed by atoms with E-state index in [0.29, 0.717) is 0 Å². The Morgan fingerprint density at radius 3 is 2.76 bits per heavy atom. The van der Waals surface area contributed by atoms with Crippen LogP contribution in [0.2, 0.25) is 0 Å². The largest absolute Gasteiger partial charge is 0.497 e. The van der Waals surface area contributed by atoms with Crippen LogP contribution in [0.3, 0.4) is 0 Å². The summed E-state index contributed by atoms with van der Waals surface area (Å²) in [5.74, 6) is 1.77. The van der Waals surface area contributed by atoms with Gasteiger partial charge in [-0.2, -0.15) is 5.10 Å². The van der Waals surface area contributed by atoms with Crippen LogP contribution in [0.1, 0.15) is 44.5 Å². The van der Waals surface area contributed by atoms with Crippen LogP contribution in [0, 0.1) is 0 Å². The normalized spacial score (nSPS) is 20.6. The van der Waals surface area contributed by atoms with E-state index >= 15 is 0 Å². The molecule has 1 aromatic heterocycles. The number of ether oxygens (including phenoxy) is 1. The highest BCUT2D eigenvalue weighted by atomic mass is 16.5. The maximum Gasteiger partial charge on any atom is 0.141 e. The third-order valence-electron chi connectivity index (χ3n) is 5.16. The molecule has 25 heavy (non-hydrogen) atoms. The maximum atomic E-state index is 11.3. The van der Waals surface area contributed by atoms with Gasteiger partial charge in [0.05, 0.1) is 13.7 Å². The van der Waals surface area contributed by atoms with E-state index < -0.39 is 5.60 Å². The second-order valence-corrected chi connectivity index (χ2v) is 6.90. The molecular formula is C19H28N4O2. The first kappa shape index (κ1) is 17.9. The average Bonchev–Trinajstić information content (AvgIpc) is 3.26. The Hall–Kier alpha value is -1.92. The summed E-state index contributed by atoms with van der Waals surface area (Å²) < 4.78 is 7.19. The van der Waals surface area contributed by atoms with Gasteiger partial charge >= 0.3 is 0 Å². The summed E-state index contributed by atoms with van der Waals surface area (Å²) in [7, 11) is 1.65. The van der Waals surface area contributed by atoms with Gasteiger partial charge in [-0.25, -0.2) is 9.67 Å². The topological polar surface area (TPSA) is 63.4 Å². The smallest absolute Gasteiger partial charge is 0.141 e. The first-order chi connectivity index (χ1) is 12.1. The van der Waals surface area contributed by atoms with Crippen molar-refractivity contribution < 1.29 is 9.84 Å². The summed E-state index contributed by atoms with van der Waals surface area (Å²) >= 11 is 0. The molecule has 0 radical (unpaired) electrons. The minimum Gasteiger partial charge on any atom is -0.497 e. The first-order valence-electron chi connectivity index (χ1n) is 9.04. The predicted octanol–water partition coefficient (Wildman–Crippen LogP) is 2.57. The highest BCUT2D eigenvalue weighted by Gasteiger charge is 2.40. The van der Waals surface area contributed by atoms with Crippen LogP contribution in [0.5, 0.6) is 5.75 Å². The minimum absolute atomic E-state index is 0.0627. The van der Waals surface area contributed by atoms with Gasteiger partial charge in [0.1, 0.15) is 23.5 Å². The number of aryl methyl sites for hydroxylation is 1. The van der Waals surface area contributed by atoms with E-state index in [4.69, 9.17) is 4.74 Å². The van der Waals surface area contributed by atoms with Crippen LogP contribution in [0.4, 0.5) is 0 Å². The second-order valence-electron chi connectivity index (χ2n) is 6.90. The highest BCUT2D eigenvalue weighted by Crippen LogP contribution is 2.35. The molecule has 1 fully saturated rings. The minimum atomic E-state index is -0.918. The van der Waals surface area contributed by atoms with Crippen molar-refractivity contribution in [3.8, 4) is 5.75 Å². The van der Waals surface area contributed by atoms with E-state index in [0.717, 1.165) is 56.0 Å². The lowest BCUT2D eigenvalue weighted by atomic mass is 9.86. The summed E-state index contributed by atoms with van der Waals surface area (Å²) in [6.45, 7) is 6.61. The lowest BCUT2D eigenvalue weighted by Gasteiger charge is -2.37. The number of aromatic nitrogens is 3. The predicted molar refractivity (Wildman–Crippen MR) is 96.3 cm³/mol. The Labute approximate surface area is 149 Å². The van der Waals surface area contributed by atoms with Crippen molar-refractivity contribution in [2.24, 2.45) is 0 Å². The van der Waals surface area contributed by atoms with Crippen LogP contribution >= 0.6 is 0 Å². The van der Waals surface area contributed by atoms with Crippen LogP contribution in [0.15, 0.2) is 30.6 Å². The number of hydrogen-bond acceptors (Lipinski definition) is 5. The lowest BCUT2D eigenvalue weighted by molar-refractivity contribution is -0.0264. The number of hydrogen-bond donors (Lipinski definition) is 1. The van der Waals surface area contributed by atoms with Gasteiger partial charge in [0.25, 0.3) is 0 Å². The second kappa shape index (κ2) is 7.54. The summed E-state index contributed by atoms with van der Waals surface area (Å²) in [5.41, 5.74) is -0.00140. The molecule has 1 saturated heterocycles. The Morgan fingerprint density at radius 2 is 2.08 bits per heavy atom. The number of nitrogens with zero attached hydrogens (tertiary/aromatic N) is 4. The number of methoxy groups -OCH3 is 1. The lowest BCUT2D eigenvalue weighted by Crippen LogP contribution is -2.45. The molecule has 2 heterocycles. The van der Waals surface area contributed by atoms with Gasteiger partial charge in [-0.15, -0.1) is 0 Å². The number of aliphatic hydroxyl groups is 1. The van der Waals surface area contributed by atoms with Crippen LogP contribution in [0.25, 0.3) is 0 Å². The van der Waals surface area contributed by atoms with Gasteiger partial charge in [0.15, 0.2) is 0 Å². The van der Waals surface area contributed by atoms with E-state index in [1.54, 1.807) is 13.4 Å². The monoisotopic (exact) mass is 344 g/mol. The van der Waals surface area contributed by atoms with Crippen LogP contribution in [-0.4, -0.2) is 44.5 Å². The highest BCUT2D eigenvalue weighted by molar-refractivity contribution is 5.31. The summed E-state index contributed by atoms with van der Waals surface area (Å²) in [5, 5.41) is 15.6. The van der Waals surface area contributed by atoms with E-state index in [1.165, 1.54) is 0 Å². The fourth-order valence-corrected chi connectivity index (χ4v) is 3.76. The van der Waals surface area contributed by atoms with Gasteiger partial charge in [-0.3, -0.25) is 4.90 Å². The Morgan fingerprint density at radius 1 is 1.32 bits per heavy atom. The molecule has 1 aliphatic rings. The molecule has 0 spiro atoms. The van der Waals surface area contributed by atoms with Crippen LogP contribution in [-0.2, 0) is 18.7 Å². The Kier molecular flexibility index (Phi) is 5.39. The molecule has 0 bridgehead atoms. The molecule has 2 aromatic rings. The molecule has 0 saturated carbocycles. The zero-order valence-electron chi connectivity index (χ0n) is 15.4. The van der Waals surface area contributed by atoms with Crippen molar-refractivity contribution in [2.45, 2.75) is 57.8 Å². The molecule has 136 valence electrons. The molecule has 1 N–H and O–H groups in total. The molecule has 0 amide bonds. The Balaban J connectivity index is 1.78. The van der Waals surface area contributed by atoms with Crippen molar-refractivity contribution in [3.05, 3.63) is 42.0 Å². The van der Waals surface area contributed by atoms with Crippen molar-refractivity contribution in [3.63, 3.8) is 0 Å². The molecule has 0 aliphatic carbocycles. The van der Waals surface area contributed by atoms with Gasteiger partial charge in [0.2, 0.25) is 0 Å². The van der Waals surface area contributed by atoms with Crippen molar-refractivity contribution in [1.82, 2.24) is 19.7 Å². The standard InChI is InChI=1S/C19H28N4O2/c1-4-11-23-18(20-14-21-23)13-22-12-5-6-17(22)19(2,24)15-7-9-16(25-3)10-8-15/h7-10,14,17,24H,4-6,11-13H2,1-3H3. The fourth-order valence-electron chi connectivity index (χ4n) is 3.76. The van der Waals surface area contributed by atoms with E-state index in [1.807, 2.05) is 35.9 Å². The SMILES string of the molecule is CCCn1ncnc1CN1CCCC1C(C)(O)c1ccc(OC)cc1. The van der Waals surface area contributed by atoms with Crippen molar-refractivity contribution in [1.29, 1.82) is 0 Å².